The summed E-state index contributed by atoms with van der Waals surface area (Å²) in [6.07, 6.45) is 5.04. The topological polar surface area (TPSA) is 76.1 Å². The number of amides is 1. The Kier molecular flexibility index (Phi) is 5.88. The van der Waals surface area contributed by atoms with Gasteiger partial charge in [0, 0.05) is 36.2 Å². The zero-order valence-electron chi connectivity index (χ0n) is 15.0. The number of hydrogen-bond acceptors (Lipinski definition) is 5. The van der Waals surface area contributed by atoms with E-state index < -0.39 is 0 Å². The van der Waals surface area contributed by atoms with Crippen molar-refractivity contribution in [1.82, 2.24) is 9.97 Å². The molecule has 0 radical (unpaired) electrons. The third-order valence-corrected chi connectivity index (χ3v) is 4.36. The highest BCUT2D eigenvalue weighted by Crippen LogP contribution is 2.31. The van der Waals surface area contributed by atoms with Crippen LogP contribution in [0.1, 0.15) is 21.5 Å². The van der Waals surface area contributed by atoms with Crippen molar-refractivity contribution < 1.29 is 9.53 Å². The summed E-state index contributed by atoms with van der Waals surface area (Å²) in [7, 11) is 1.53. The summed E-state index contributed by atoms with van der Waals surface area (Å²) in [6, 6.07) is 10.8. The lowest BCUT2D eigenvalue weighted by Gasteiger charge is -2.12. The number of rotatable bonds is 6. The molecule has 3 aromatic rings. The number of pyridine rings is 2. The Bertz CT molecular complexity index is 931. The fourth-order valence-corrected chi connectivity index (χ4v) is 2.61. The van der Waals surface area contributed by atoms with Gasteiger partial charge in [-0.15, -0.1) is 0 Å². The van der Waals surface area contributed by atoms with Gasteiger partial charge >= 0.3 is 0 Å². The maximum absolute atomic E-state index is 12.5. The van der Waals surface area contributed by atoms with Crippen LogP contribution in [0.2, 0.25) is 5.02 Å². The smallest absolute Gasteiger partial charge is 0.257 e. The molecule has 138 valence electrons. The highest BCUT2D eigenvalue weighted by molar-refractivity contribution is 6.31. The maximum atomic E-state index is 12.5. The van der Waals surface area contributed by atoms with E-state index in [1.807, 2.05) is 19.1 Å². The molecule has 0 aliphatic heterocycles. The lowest BCUT2D eigenvalue weighted by molar-refractivity contribution is 0.102. The second-order valence-electron chi connectivity index (χ2n) is 5.90. The summed E-state index contributed by atoms with van der Waals surface area (Å²) >= 11 is 6.10. The number of nitrogens with zero attached hydrogens (tertiary/aromatic N) is 2. The van der Waals surface area contributed by atoms with Crippen molar-refractivity contribution in [3.8, 4) is 5.75 Å². The number of ether oxygens (including phenoxy) is 1. The van der Waals surface area contributed by atoms with Gasteiger partial charge in [-0.25, -0.2) is 4.98 Å². The van der Waals surface area contributed by atoms with Gasteiger partial charge in [-0.3, -0.25) is 9.78 Å². The normalized spacial score (nSPS) is 10.3. The third kappa shape index (κ3) is 4.74. The summed E-state index contributed by atoms with van der Waals surface area (Å²) in [5.41, 5.74) is 2.90. The van der Waals surface area contributed by atoms with E-state index in [9.17, 15) is 4.79 Å². The van der Waals surface area contributed by atoms with Crippen LogP contribution in [0.4, 0.5) is 11.5 Å². The molecule has 0 unspecified atom stereocenters. The maximum Gasteiger partial charge on any atom is 0.257 e. The average Bonchev–Trinajstić information content (AvgIpc) is 2.70. The zero-order valence-corrected chi connectivity index (χ0v) is 15.7. The second-order valence-corrected chi connectivity index (χ2v) is 6.31. The largest absolute Gasteiger partial charge is 0.495 e. The summed E-state index contributed by atoms with van der Waals surface area (Å²) in [5, 5.41) is 6.60. The molecule has 0 saturated heterocycles. The molecule has 7 heteroatoms. The van der Waals surface area contributed by atoms with Gasteiger partial charge in [0.15, 0.2) is 0 Å². The molecule has 6 nitrogen and oxygen atoms in total. The van der Waals surface area contributed by atoms with Crippen LogP contribution in [0.5, 0.6) is 5.75 Å². The SMILES string of the molecule is COc1cc(Cl)c(C)cc1NC(=O)c1ccc(NCc2cccnc2)nc1. The van der Waals surface area contributed by atoms with Crippen LogP contribution in [0.25, 0.3) is 0 Å². The van der Waals surface area contributed by atoms with E-state index in [0.29, 0.717) is 34.4 Å². The van der Waals surface area contributed by atoms with Crippen molar-refractivity contribution in [3.63, 3.8) is 0 Å². The lowest BCUT2D eigenvalue weighted by atomic mass is 10.2. The first-order valence-electron chi connectivity index (χ1n) is 8.31. The predicted molar refractivity (Wildman–Crippen MR) is 106 cm³/mol. The molecule has 1 aromatic carbocycles. The Morgan fingerprint density at radius 3 is 2.74 bits per heavy atom. The number of hydrogen-bond donors (Lipinski definition) is 2. The Morgan fingerprint density at radius 1 is 1.22 bits per heavy atom. The standard InChI is InChI=1S/C20H19ClN4O2/c1-13-8-17(18(27-2)9-16(13)21)25-20(26)15-5-6-19(24-12-15)23-11-14-4-3-7-22-10-14/h3-10,12H,11H2,1-2H3,(H,23,24)(H,25,26). The Balaban J connectivity index is 1.66. The predicted octanol–water partition coefficient (Wildman–Crippen LogP) is 4.31. The van der Waals surface area contributed by atoms with Gasteiger partial charge in [-0.1, -0.05) is 17.7 Å². The van der Waals surface area contributed by atoms with E-state index in [4.69, 9.17) is 16.3 Å². The molecule has 0 aliphatic rings. The summed E-state index contributed by atoms with van der Waals surface area (Å²) in [5.74, 6) is 0.901. The number of halogens is 1. The number of anilines is 2. The highest BCUT2D eigenvalue weighted by atomic mass is 35.5. The number of aromatic nitrogens is 2. The van der Waals surface area contributed by atoms with Gasteiger partial charge in [0.2, 0.25) is 0 Å². The summed E-state index contributed by atoms with van der Waals surface area (Å²) in [6.45, 7) is 2.47. The molecule has 3 rings (SSSR count). The zero-order chi connectivity index (χ0) is 19.2. The molecule has 2 aromatic heterocycles. The van der Waals surface area contributed by atoms with Crippen molar-refractivity contribution in [2.45, 2.75) is 13.5 Å². The van der Waals surface area contributed by atoms with Crippen molar-refractivity contribution in [3.05, 3.63) is 76.7 Å². The van der Waals surface area contributed by atoms with Crippen LogP contribution in [-0.4, -0.2) is 23.0 Å². The van der Waals surface area contributed by atoms with Gasteiger partial charge in [0.1, 0.15) is 11.6 Å². The number of aryl methyl sites for hydroxylation is 1. The van der Waals surface area contributed by atoms with Gasteiger partial charge in [-0.2, -0.15) is 0 Å². The first-order chi connectivity index (χ1) is 13.1. The number of carbonyl (C=O) groups is 1. The molecular formula is C20H19ClN4O2. The molecule has 2 N–H and O–H groups in total. The molecule has 2 heterocycles. The third-order valence-electron chi connectivity index (χ3n) is 3.95. The van der Waals surface area contributed by atoms with Crippen molar-refractivity contribution in [1.29, 1.82) is 0 Å². The van der Waals surface area contributed by atoms with E-state index in [-0.39, 0.29) is 5.91 Å². The number of carbonyl (C=O) groups excluding carboxylic acids is 1. The van der Waals surface area contributed by atoms with Gasteiger partial charge < -0.3 is 15.4 Å². The molecule has 0 atom stereocenters. The van der Waals surface area contributed by atoms with Crippen LogP contribution < -0.4 is 15.4 Å². The van der Waals surface area contributed by atoms with Crippen molar-refractivity contribution in [2.75, 3.05) is 17.7 Å². The van der Waals surface area contributed by atoms with Crippen molar-refractivity contribution >= 4 is 29.0 Å². The fourth-order valence-electron chi connectivity index (χ4n) is 2.45. The first kappa shape index (κ1) is 18.7. The molecule has 0 spiro atoms. The van der Waals surface area contributed by atoms with Gasteiger partial charge in [0.05, 0.1) is 18.4 Å². The van der Waals surface area contributed by atoms with Crippen LogP contribution in [0, 0.1) is 6.92 Å². The molecular weight excluding hydrogens is 364 g/mol. The van der Waals surface area contributed by atoms with E-state index in [2.05, 4.69) is 20.6 Å². The summed E-state index contributed by atoms with van der Waals surface area (Å²) < 4.78 is 5.28. The summed E-state index contributed by atoms with van der Waals surface area (Å²) in [4.78, 5) is 20.9. The lowest BCUT2D eigenvalue weighted by Crippen LogP contribution is -2.13. The average molecular weight is 383 g/mol. The Morgan fingerprint density at radius 2 is 2.07 bits per heavy atom. The fraction of sp³-hybridized carbons (Fsp3) is 0.150. The van der Waals surface area contributed by atoms with Crippen LogP contribution in [-0.2, 0) is 6.54 Å². The minimum Gasteiger partial charge on any atom is -0.495 e. The van der Waals surface area contributed by atoms with E-state index in [1.165, 1.54) is 13.3 Å². The molecule has 27 heavy (non-hydrogen) atoms. The van der Waals surface area contributed by atoms with Gasteiger partial charge in [-0.05, 0) is 42.3 Å². The van der Waals surface area contributed by atoms with E-state index in [1.54, 1.807) is 36.7 Å². The Hall–Kier alpha value is -3.12. The molecule has 0 bridgehead atoms. The quantitative estimate of drug-likeness (QED) is 0.664. The monoisotopic (exact) mass is 382 g/mol. The van der Waals surface area contributed by atoms with Crippen molar-refractivity contribution in [2.24, 2.45) is 0 Å². The number of benzene rings is 1. The number of methoxy groups -OCH3 is 1. The second kappa shape index (κ2) is 8.51. The van der Waals surface area contributed by atoms with Crippen LogP contribution in [0.3, 0.4) is 0 Å². The first-order valence-corrected chi connectivity index (χ1v) is 8.69. The van der Waals surface area contributed by atoms with E-state index >= 15 is 0 Å². The molecule has 1 amide bonds. The van der Waals surface area contributed by atoms with Crippen LogP contribution >= 0.6 is 11.6 Å². The molecule has 0 fully saturated rings. The molecule has 0 aliphatic carbocycles. The molecule has 0 saturated carbocycles. The Labute approximate surface area is 162 Å². The highest BCUT2D eigenvalue weighted by Gasteiger charge is 2.12. The van der Waals surface area contributed by atoms with Gasteiger partial charge in [0.25, 0.3) is 5.91 Å². The number of nitrogens with one attached hydrogen (secondary N) is 2. The minimum absolute atomic E-state index is 0.277. The van der Waals surface area contributed by atoms with E-state index in [0.717, 1.165) is 11.1 Å². The van der Waals surface area contributed by atoms with Crippen LogP contribution in [0.15, 0.2) is 55.0 Å². The minimum atomic E-state index is -0.277.